The van der Waals surface area contributed by atoms with E-state index in [0.717, 1.165) is 16.7 Å². The van der Waals surface area contributed by atoms with E-state index in [2.05, 4.69) is 18.5 Å². The summed E-state index contributed by atoms with van der Waals surface area (Å²) in [6.07, 6.45) is 4.68. The molecule has 156 valence electrons. The number of aromatic nitrogens is 1. The number of pyridine rings is 1. The minimum absolute atomic E-state index is 0.191. The third kappa shape index (κ3) is 5.67. The first kappa shape index (κ1) is 22.6. The molecule has 0 aliphatic heterocycles. The number of hydrogen-bond acceptors (Lipinski definition) is 3. The SMILES string of the molecule is C=C/C(C)=C(\C=C)c1cccc([C@H](CC(=O)O)NC(=O)Cn2cccc(C)c2=O)c1. The van der Waals surface area contributed by atoms with Gasteiger partial charge in [0.1, 0.15) is 6.54 Å². The van der Waals surface area contributed by atoms with Crippen molar-refractivity contribution >= 4 is 17.4 Å². The highest BCUT2D eigenvalue weighted by atomic mass is 16.4. The Balaban J connectivity index is 2.33. The number of aryl methyl sites for hydroxylation is 1. The quantitative estimate of drug-likeness (QED) is 0.623. The van der Waals surface area contributed by atoms with Crippen molar-refractivity contribution in [1.82, 2.24) is 9.88 Å². The van der Waals surface area contributed by atoms with Crippen LogP contribution in [-0.2, 0) is 16.1 Å². The fraction of sp³-hybridized carbons (Fsp3) is 0.208. The van der Waals surface area contributed by atoms with Crippen molar-refractivity contribution in [2.45, 2.75) is 32.9 Å². The predicted molar refractivity (Wildman–Crippen MR) is 118 cm³/mol. The molecular weight excluding hydrogens is 380 g/mol. The number of carboxylic acid groups (broad SMARTS) is 1. The van der Waals surface area contributed by atoms with E-state index >= 15 is 0 Å². The lowest BCUT2D eigenvalue weighted by Gasteiger charge is -2.19. The minimum Gasteiger partial charge on any atom is -0.481 e. The second-order valence-electron chi connectivity index (χ2n) is 6.97. The average Bonchev–Trinajstić information content (AvgIpc) is 2.71. The minimum atomic E-state index is -1.04. The molecule has 1 amide bonds. The molecule has 0 aliphatic rings. The summed E-state index contributed by atoms with van der Waals surface area (Å²) in [5, 5.41) is 12.1. The van der Waals surface area contributed by atoms with Gasteiger partial charge < -0.3 is 15.0 Å². The lowest BCUT2D eigenvalue weighted by molar-refractivity contribution is -0.137. The Morgan fingerprint density at radius 1 is 1.20 bits per heavy atom. The molecule has 2 rings (SSSR count). The fourth-order valence-corrected chi connectivity index (χ4v) is 3.14. The van der Waals surface area contributed by atoms with E-state index in [1.165, 1.54) is 10.8 Å². The molecule has 0 spiro atoms. The maximum atomic E-state index is 12.6. The first-order chi connectivity index (χ1) is 14.3. The summed E-state index contributed by atoms with van der Waals surface area (Å²) in [5.41, 5.74) is 3.57. The van der Waals surface area contributed by atoms with Gasteiger partial charge in [0.2, 0.25) is 5.91 Å². The molecule has 1 aromatic heterocycles. The Morgan fingerprint density at radius 2 is 1.93 bits per heavy atom. The van der Waals surface area contributed by atoms with Crippen LogP contribution < -0.4 is 10.9 Å². The van der Waals surface area contributed by atoms with Crippen LogP contribution in [0.2, 0.25) is 0 Å². The van der Waals surface area contributed by atoms with Crippen LogP contribution in [0.3, 0.4) is 0 Å². The summed E-state index contributed by atoms with van der Waals surface area (Å²) in [7, 11) is 0. The van der Waals surface area contributed by atoms with Crippen LogP contribution in [0.25, 0.3) is 5.57 Å². The lowest BCUT2D eigenvalue weighted by Crippen LogP contribution is -2.35. The summed E-state index contributed by atoms with van der Waals surface area (Å²) in [6.45, 7) is 11.0. The van der Waals surface area contributed by atoms with E-state index in [1.54, 1.807) is 43.3 Å². The third-order valence-corrected chi connectivity index (χ3v) is 4.77. The Labute approximate surface area is 175 Å². The van der Waals surface area contributed by atoms with Gasteiger partial charge in [0.05, 0.1) is 12.5 Å². The average molecular weight is 406 g/mol. The van der Waals surface area contributed by atoms with Crippen molar-refractivity contribution in [1.29, 1.82) is 0 Å². The summed E-state index contributed by atoms with van der Waals surface area (Å²) in [6, 6.07) is 9.90. The van der Waals surface area contributed by atoms with Crippen LogP contribution >= 0.6 is 0 Å². The Kier molecular flexibility index (Phi) is 7.69. The molecule has 30 heavy (non-hydrogen) atoms. The second kappa shape index (κ2) is 10.2. The van der Waals surface area contributed by atoms with E-state index < -0.39 is 17.9 Å². The largest absolute Gasteiger partial charge is 0.481 e. The zero-order valence-corrected chi connectivity index (χ0v) is 17.2. The smallest absolute Gasteiger partial charge is 0.305 e. The normalized spacial score (nSPS) is 12.5. The highest BCUT2D eigenvalue weighted by molar-refractivity contribution is 5.79. The van der Waals surface area contributed by atoms with Crippen LogP contribution in [0.15, 0.2) is 78.3 Å². The van der Waals surface area contributed by atoms with Gasteiger partial charge in [-0.05, 0) is 48.3 Å². The van der Waals surface area contributed by atoms with Crippen molar-refractivity contribution < 1.29 is 14.7 Å². The zero-order valence-electron chi connectivity index (χ0n) is 17.2. The Bertz CT molecular complexity index is 1060. The summed E-state index contributed by atoms with van der Waals surface area (Å²) < 4.78 is 1.30. The molecule has 0 fully saturated rings. The van der Waals surface area contributed by atoms with Crippen LogP contribution in [0.1, 0.15) is 36.1 Å². The fourth-order valence-electron chi connectivity index (χ4n) is 3.14. The molecule has 0 unspecified atom stereocenters. The van der Waals surface area contributed by atoms with Gasteiger partial charge in [0.15, 0.2) is 0 Å². The van der Waals surface area contributed by atoms with E-state index in [9.17, 15) is 19.5 Å². The molecule has 1 aromatic carbocycles. The van der Waals surface area contributed by atoms with Gasteiger partial charge in [-0.3, -0.25) is 14.4 Å². The molecule has 1 heterocycles. The molecule has 0 saturated carbocycles. The number of aliphatic carboxylic acids is 1. The number of carbonyl (C=O) groups is 2. The number of carbonyl (C=O) groups excluding carboxylic acids is 1. The van der Waals surface area contributed by atoms with E-state index in [1.807, 2.05) is 19.1 Å². The van der Waals surface area contributed by atoms with Crippen LogP contribution in [0.5, 0.6) is 0 Å². The van der Waals surface area contributed by atoms with Crippen molar-refractivity contribution in [3.05, 3.63) is 101 Å². The van der Waals surface area contributed by atoms with Gasteiger partial charge in [-0.1, -0.05) is 49.6 Å². The van der Waals surface area contributed by atoms with Crippen LogP contribution in [0, 0.1) is 6.92 Å². The van der Waals surface area contributed by atoms with Gasteiger partial charge in [0.25, 0.3) is 5.56 Å². The van der Waals surface area contributed by atoms with Gasteiger partial charge >= 0.3 is 5.97 Å². The number of carboxylic acids is 1. The van der Waals surface area contributed by atoms with Crippen molar-refractivity contribution in [3.8, 4) is 0 Å². The van der Waals surface area contributed by atoms with Crippen molar-refractivity contribution in [3.63, 3.8) is 0 Å². The lowest BCUT2D eigenvalue weighted by atomic mass is 9.95. The highest BCUT2D eigenvalue weighted by Gasteiger charge is 2.19. The number of rotatable bonds is 9. The van der Waals surface area contributed by atoms with Crippen LogP contribution in [0.4, 0.5) is 0 Å². The van der Waals surface area contributed by atoms with Gasteiger partial charge in [-0.2, -0.15) is 0 Å². The Morgan fingerprint density at radius 3 is 2.57 bits per heavy atom. The number of nitrogens with zero attached hydrogens (tertiary/aromatic N) is 1. The molecule has 1 atom stereocenters. The monoisotopic (exact) mass is 406 g/mol. The summed E-state index contributed by atoms with van der Waals surface area (Å²) in [5.74, 6) is -1.48. The van der Waals surface area contributed by atoms with Crippen LogP contribution in [-0.4, -0.2) is 21.6 Å². The maximum Gasteiger partial charge on any atom is 0.305 e. The summed E-state index contributed by atoms with van der Waals surface area (Å²) in [4.78, 5) is 36.1. The molecule has 2 N–H and O–H groups in total. The predicted octanol–water partition coefficient (Wildman–Crippen LogP) is 3.63. The van der Waals surface area contributed by atoms with Gasteiger partial charge in [0, 0.05) is 11.8 Å². The first-order valence-electron chi connectivity index (χ1n) is 9.50. The second-order valence-corrected chi connectivity index (χ2v) is 6.97. The maximum absolute atomic E-state index is 12.6. The molecule has 0 saturated heterocycles. The molecule has 0 aliphatic carbocycles. The number of hydrogen-bond donors (Lipinski definition) is 2. The Hall–Kier alpha value is -3.67. The number of amides is 1. The van der Waals surface area contributed by atoms with Crippen molar-refractivity contribution in [2.24, 2.45) is 0 Å². The zero-order chi connectivity index (χ0) is 22.3. The molecule has 2 aromatic rings. The van der Waals surface area contributed by atoms with Crippen molar-refractivity contribution in [2.75, 3.05) is 0 Å². The molecule has 0 radical (unpaired) electrons. The third-order valence-electron chi connectivity index (χ3n) is 4.77. The van der Waals surface area contributed by atoms with Gasteiger partial charge in [-0.15, -0.1) is 0 Å². The standard InChI is InChI=1S/C24H26N2O4/c1-5-16(3)20(6-2)18-10-7-11-19(13-18)21(14-23(28)29)25-22(27)15-26-12-8-9-17(4)24(26)30/h5-13,21H,1-2,14-15H2,3-4H3,(H,25,27)(H,28,29)/b20-16+/t21-/m0/s1. The molecular formula is C24H26N2O4. The topological polar surface area (TPSA) is 88.4 Å². The van der Waals surface area contributed by atoms with Gasteiger partial charge in [-0.25, -0.2) is 0 Å². The number of allylic oxidation sites excluding steroid dienone is 4. The molecule has 6 nitrogen and oxygen atoms in total. The first-order valence-corrected chi connectivity index (χ1v) is 9.50. The van der Waals surface area contributed by atoms with E-state index in [-0.39, 0.29) is 18.5 Å². The number of benzene rings is 1. The summed E-state index contributed by atoms with van der Waals surface area (Å²) >= 11 is 0. The molecule has 0 bridgehead atoms. The number of nitrogens with one attached hydrogen (secondary N) is 1. The molecule has 6 heteroatoms. The van der Waals surface area contributed by atoms with E-state index in [0.29, 0.717) is 11.1 Å². The van der Waals surface area contributed by atoms with E-state index in [4.69, 9.17) is 0 Å². The highest BCUT2D eigenvalue weighted by Crippen LogP contribution is 2.25.